The maximum Gasteiger partial charge on any atom is 0.357 e. The van der Waals surface area contributed by atoms with Crippen LogP contribution in [0.3, 0.4) is 0 Å². The summed E-state index contributed by atoms with van der Waals surface area (Å²) in [5.74, 6) is -0.127. The molecule has 15 heavy (non-hydrogen) atoms. The van der Waals surface area contributed by atoms with Crippen LogP contribution in [0, 0.1) is 0 Å². The Morgan fingerprint density at radius 2 is 2.33 bits per heavy atom. The summed E-state index contributed by atoms with van der Waals surface area (Å²) in [6, 6.07) is 3.32. The number of carbonyl (C=O) groups excluding carboxylic acids is 1. The average molecular weight is 221 g/mol. The number of esters is 1. The van der Waals surface area contributed by atoms with E-state index in [1.807, 2.05) is 0 Å². The normalized spacial score (nSPS) is 9.87. The number of aromatic nitrogens is 2. The van der Waals surface area contributed by atoms with Gasteiger partial charge in [0.15, 0.2) is 4.88 Å². The fourth-order valence-corrected chi connectivity index (χ4v) is 1.51. The summed E-state index contributed by atoms with van der Waals surface area (Å²) >= 11 is 1.01. The minimum absolute atomic E-state index is 0.304. The van der Waals surface area contributed by atoms with Crippen molar-refractivity contribution in [3.63, 3.8) is 0 Å². The van der Waals surface area contributed by atoms with E-state index >= 15 is 0 Å². The molecule has 0 aliphatic rings. The van der Waals surface area contributed by atoms with Gasteiger partial charge in [-0.2, -0.15) is 4.37 Å². The summed E-state index contributed by atoms with van der Waals surface area (Å²) in [6.45, 7) is 0. The highest BCUT2D eigenvalue weighted by molar-refractivity contribution is 7.08. The van der Waals surface area contributed by atoms with Gasteiger partial charge in [0.05, 0.1) is 18.1 Å². The summed E-state index contributed by atoms with van der Waals surface area (Å²) in [4.78, 5) is 15.7. The Kier molecular flexibility index (Phi) is 2.59. The zero-order valence-corrected chi connectivity index (χ0v) is 8.40. The van der Waals surface area contributed by atoms with Gasteiger partial charge in [-0.1, -0.05) is 0 Å². The Balaban J connectivity index is 2.15. The van der Waals surface area contributed by atoms with Gasteiger partial charge in [-0.05, 0) is 23.7 Å². The van der Waals surface area contributed by atoms with Crippen LogP contribution in [0.5, 0.6) is 5.75 Å². The number of carbonyl (C=O) groups is 1. The molecule has 0 aliphatic heterocycles. The van der Waals surface area contributed by atoms with E-state index < -0.39 is 5.97 Å². The first-order valence-electron chi connectivity index (χ1n) is 4.10. The van der Waals surface area contributed by atoms with Crippen LogP contribution in [0.2, 0.25) is 0 Å². The van der Waals surface area contributed by atoms with Crippen molar-refractivity contribution in [2.24, 2.45) is 0 Å². The predicted octanol–water partition coefficient (Wildman–Crippen LogP) is 1.34. The van der Waals surface area contributed by atoms with Crippen molar-refractivity contribution in [1.29, 1.82) is 0 Å². The molecule has 0 aromatic carbocycles. The Bertz CT molecular complexity index is 469. The molecule has 6 heteroatoms. The fraction of sp³-hybridized carbons (Fsp3) is 0. The van der Waals surface area contributed by atoms with Gasteiger partial charge >= 0.3 is 5.97 Å². The van der Waals surface area contributed by atoms with E-state index in [4.69, 9.17) is 10.5 Å². The van der Waals surface area contributed by atoms with E-state index in [0.717, 1.165) is 11.5 Å². The molecule has 2 N–H and O–H groups in total. The molecule has 0 saturated heterocycles. The molecule has 76 valence electrons. The van der Waals surface area contributed by atoms with Gasteiger partial charge in [0.2, 0.25) is 0 Å². The van der Waals surface area contributed by atoms with Crippen LogP contribution in [0.15, 0.2) is 30.7 Å². The second-order valence-corrected chi connectivity index (χ2v) is 3.49. The lowest BCUT2D eigenvalue weighted by molar-refractivity contribution is 0.0740. The smallest absolute Gasteiger partial charge is 0.357 e. The zero-order valence-electron chi connectivity index (χ0n) is 7.58. The van der Waals surface area contributed by atoms with Crippen molar-refractivity contribution in [2.45, 2.75) is 0 Å². The van der Waals surface area contributed by atoms with Gasteiger partial charge in [0.1, 0.15) is 5.75 Å². The van der Waals surface area contributed by atoms with Gasteiger partial charge in [-0.15, -0.1) is 0 Å². The monoisotopic (exact) mass is 221 g/mol. The summed E-state index contributed by atoms with van der Waals surface area (Å²) in [5.41, 5.74) is 5.85. The number of nitrogens with zero attached hydrogens (tertiary/aromatic N) is 2. The highest BCUT2D eigenvalue weighted by Crippen LogP contribution is 2.18. The molecule has 5 nitrogen and oxygen atoms in total. The number of rotatable bonds is 2. The lowest BCUT2D eigenvalue weighted by atomic mass is 10.4. The molecule has 2 rings (SSSR count). The third-order valence-corrected chi connectivity index (χ3v) is 2.42. The summed E-state index contributed by atoms with van der Waals surface area (Å²) < 4.78 is 8.81. The van der Waals surface area contributed by atoms with Crippen LogP contribution in [-0.4, -0.2) is 15.3 Å². The van der Waals surface area contributed by atoms with Crippen LogP contribution >= 0.6 is 11.5 Å². The van der Waals surface area contributed by atoms with Gasteiger partial charge in [-0.3, -0.25) is 4.98 Å². The Hall–Kier alpha value is -1.95. The molecule has 0 fully saturated rings. The van der Waals surface area contributed by atoms with E-state index in [1.165, 1.54) is 12.4 Å². The van der Waals surface area contributed by atoms with Crippen LogP contribution in [0.25, 0.3) is 0 Å². The van der Waals surface area contributed by atoms with Crippen LogP contribution in [-0.2, 0) is 0 Å². The zero-order chi connectivity index (χ0) is 10.7. The highest BCUT2D eigenvalue weighted by atomic mass is 32.1. The standard InChI is InChI=1S/C9H7N3O2S/c10-7-5-12-15-8(7)9(13)14-6-2-1-3-11-4-6/h1-5H,10H2. The predicted molar refractivity (Wildman–Crippen MR) is 55.7 cm³/mol. The summed E-state index contributed by atoms with van der Waals surface area (Å²) in [7, 11) is 0. The van der Waals surface area contributed by atoms with Crippen molar-refractivity contribution in [2.75, 3.05) is 5.73 Å². The third kappa shape index (κ3) is 2.10. The van der Waals surface area contributed by atoms with Crippen LogP contribution < -0.4 is 10.5 Å². The lowest BCUT2D eigenvalue weighted by Gasteiger charge is -2.01. The molecule has 0 spiro atoms. The topological polar surface area (TPSA) is 78.1 Å². The van der Waals surface area contributed by atoms with Gasteiger partial charge < -0.3 is 10.5 Å². The molecule has 0 aliphatic carbocycles. The van der Waals surface area contributed by atoms with E-state index in [9.17, 15) is 4.79 Å². The minimum Gasteiger partial charge on any atom is -0.421 e. The molecule has 2 heterocycles. The Morgan fingerprint density at radius 1 is 1.47 bits per heavy atom. The van der Waals surface area contributed by atoms with Crippen molar-refractivity contribution in [3.8, 4) is 5.75 Å². The van der Waals surface area contributed by atoms with Crippen molar-refractivity contribution in [3.05, 3.63) is 35.6 Å². The molecular formula is C9H7N3O2S. The summed E-state index contributed by atoms with van der Waals surface area (Å²) in [5, 5.41) is 0. The van der Waals surface area contributed by atoms with Crippen LogP contribution in [0.4, 0.5) is 5.69 Å². The number of hydrogen-bond donors (Lipinski definition) is 1. The maximum absolute atomic E-state index is 11.5. The number of pyridine rings is 1. The van der Waals surface area contributed by atoms with E-state index in [-0.39, 0.29) is 0 Å². The van der Waals surface area contributed by atoms with Gasteiger partial charge in [-0.25, -0.2) is 4.79 Å². The quantitative estimate of drug-likeness (QED) is 0.774. The highest BCUT2D eigenvalue weighted by Gasteiger charge is 2.14. The first kappa shape index (κ1) is 9.60. The molecule has 0 radical (unpaired) electrons. The van der Waals surface area contributed by atoms with Crippen LogP contribution in [0.1, 0.15) is 9.67 Å². The molecule has 2 aromatic heterocycles. The molecular weight excluding hydrogens is 214 g/mol. The first-order valence-corrected chi connectivity index (χ1v) is 4.87. The second kappa shape index (κ2) is 4.05. The Morgan fingerprint density at radius 3 is 2.93 bits per heavy atom. The Labute approximate surface area is 89.7 Å². The number of nitrogen functional groups attached to an aromatic ring is 1. The fourth-order valence-electron chi connectivity index (χ4n) is 0.963. The van der Waals surface area contributed by atoms with E-state index in [0.29, 0.717) is 16.3 Å². The minimum atomic E-state index is -0.511. The number of ether oxygens (including phenoxy) is 1. The van der Waals surface area contributed by atoms with Gasteiger partial charge in [0.25, 0.3) is 0 Å². The second-order valence-electron chi connectivity index (χ2n) is 2.69. The largest absolute Gasteiger partial charge is 0.421 e. The van der Waals surface area contributed by atoms with Crippen molar-refractivity contribution < 1.29 is 9.53 Å². The first-order chi connectivity index (χ1) is 7.27. The summed E-state index contributed by atoms with van der Waals surface area (Å²) in [6.07, 6.45) is 4.47. The maximum atomic E-state index is 11.5. The number of hydrogen-bond acceptors (Lipinski definition) is 6. The molecule has 0 atom stereocenters. The molecule has 0 saturated carbocycles. The molecule has 0 unspecified atom stereocenters. The van der Waals surface area contributed by atoms with E-state index in [2.05, 4.69) is 9.36 Å². The number of nitrogens with two attached hydrogens (primary N) is 1. The number of anilines is 1. The van der Waals surface area contributed by atoms with Crippen molar-refractivity contribution >= 4 is 23.2 Å². The molecule has 0 bridgehead atoms. The van der Waals surface area contributed by atoms with Gasteiger partial charge in [0, 0.05) is 6.20 Å². The third-order valence-electron chi connectivity index (χ3n) is 1.63. The van der Waals surface area contributed by atoms with Crippen molar-refractivity contribution in [1.82, 2.24) is 9.36 Å². The molecule has 2 aromatic rings. The molecule has 0 amide bonds. The SMILES string of the molecule is Nc1cnsc1C(=O)Oc1cccnc1. The average Bonchev–Trinajstić information content (AvgIpc) is 2.66. The van der Waals surface area contributed by atoms with E-state index in [1.54, 1.807) is 18.3 Å². The lowest BCUT2D eigenvalue weighted by Crippen LogP contribution is -2.08.